The molecule has 0 fully saturated rings. The van der Waals surface area contributed by atoms with E-state index < -0.39 is 9.84 Å². The Morgan fingerprint density at radius 2 is 1.92 bits per heavy atom. The Labute approximate surface area is 162 Å². The maximum absolute atomic E-state index is 11.6. The van der Waals surface area contributed by atoms with Crippen molar-refractivity contribution in [3.63, 3.8) is 0 Å². The van der Waals surface area contributed by atoms with Crippen LogP contribution in [0.25, 0.3) is 10.6 Å². The van der Waals surface area contributed by atoms with Crippen LogP contribution in [0.3, 0.4) is 0 Å². The van der Waals surface area contributed by atoms with Gasteiger partial charge in [0.2, 0.25) is 0 Å². The van der Waals surface area contributed by atoms with Gasteiger partial charge >= 0.3 is 0 Å². The Morgan fingerprint density at radius 1 is 1.23 bits per heavy atom. The molecule has 0 saturated carbocycles. The number of hydrogen-bond donors (Lipinski definition) is 0. The fourth-order valence-corrected chi connectivity index (χ4v) is 4.35. The van der Waals surface area contributed by atoms with Crippen molar-refractivity contribution >= 4 is 32.8 Å². The first-order chi connectivity index (χ1) is 12.3. The fourth-order valence-electron chi connectivity index (χ4n) is 2.67. The van der Waals surface area contributed by atoms with E-state index in [1.165, 1.54) is 17.6 Å². The highest BCUT2D eigenvalue weighted by Crippen LogP contribution is 2.34. The smallest absolute Gasteiger partial charge is 0.181 e. The fraction of sp³-hybridized carbons (Fsp3) is 0.278. The molecule has 0 bridgehead atoms. The maximum Gasteiger partial charge on any atom is 0.181 e. The molecule has 0 radical (unpaired) electrons. The van der Waals surface area contributed by atoms with E-state index in [0.29, 0.717) is 15.8 Å². The van der Waals surface area contributed by atoms with Crippen molar-refractivity contribution in [3.8, 4) is 10.6 Å². The van der Waals surface area contributed by atoms with Crippen molar-refractivity contribution in [2.45, 2.75) is 24.4 Å². The molecular weight excluding hydrogens is 392 g/mol. The van der Waals surface area contributed by atoms with Gasteiger partial charge < -0.3 is 4.52 Å². The zero-order chi connectivity index (χ0) is 18.9. The first kappa shape index (κ1) is 19.1. The molecular formula is C18H19ClN2O3S2. The summed E-state index contributed by atoms with van der Waals surface area (Å²) >= 11 is 7.47. The number of halogens is 1. The molecule has 0 aliphatic carbocycles. The Bertz CT molecular complexity index is 994. The lowest BCUT2D eigenvalue weighted by Gasteiger charge is -2.24. The molecule has 8 heteroatoms. The van der Waals surface area contributed by atoms with Crippen LogP contribution in [0.1, 0.15) is 24.1 Å². The largest absolute Gasteiger partial charge is 0.355 e. The van der Waals surface area contributed by atoms with Crippen molar-refractivity contribution in [3.05, 3.63) is 58.1 Å². The van der Waals surface area contributed by atoms with Crippen LogP contribution in [0, 0.1) is 0 Å². The topological polar surface area (TPSA) is 63.4 Å². The van der Waals surface area contributed by atoms with E-state index in [4.69, 9.17) is 16.1 Å². The minimum absolute atomic E-state index is 0.0956. The summed E-state index contributed by atoms with van der Waals surface area (Å²) < 4.78 is 29.3. The van der Waals surface area contributed by atoms with E-state index in [0.717, 1.165) is 21.8 Å². The molecule has 0 N–H and O–H groups in total. The van der Waals surface area contributed by atoms with Crippen molar-refractivity contribution in [1.29, 1.82) is 0 Å². The third-order valence-electron chi connectivity index (χ3n) is 4.31. The minimum Gasteiger partial charge on any atom is -0.355 e. The van der Waals surface area contributed by atoms with E-state index in [-0.39, 0.29) is 6.04 Å². The average Bonchev–Trinajstić information content (AvgIpc) is 3.22. The summed E-state index contributed by atoms with van der Waals surface area (Å²) in [5.41, 5.74) is 2.02. The number of rotatable bonds is 6. The van der Waals surface area contributed by atoms with Gasteiger partial charge in [-0.15, -0.1) is 11.3 Å². The Kier molecular flexibility index (Phi) is 5.53. The second kappa shape index (κ2) is 7.52. The lowest BCUT2D eigenvalue weighted by molar-refractivity contribution is 0.253. The van der Waals surface area contributed by atoms with Gasteiger partial charge in [-0.05, 0) is 43.8 Å². The standard InChI is InChI=1S/C18H19ClN2O3S2/c1-12(13-4-6-15(7-5-13)26(3,22)23)21(2)11-14-10-20-24-18(14)16-8-9-17(19)25-16/h4-10,12H,11H2,1-3H3. The summed E-state index contributed by atoms with van der Waals surface area (Å²) in [7, 11) is -1.18. The zero-order valence-electron chi connectivity index (χ0n) is 14.6. The summed E-state index contributed by atoms with van der Waals surface area (Å²) in [5.74, 6) is 0.730. The van der Waals surface area contributed by atoms with Crippen LogP contribution < -0.4 is 0 Å². The molecule has 0 amide bonds. The molecule has 0 aliphatic heterocycles. The van der Waals surface area contributed by atoms with Gasteiger partial charge in [0, 0.05) is 24.4 Å². The normalized spacial score (nSPS) is 13.3. The number of benzene rings is 1. The highest BCUT2D eigenvalue weighted by atomic mass is 35.5. The number of nitrogens with zero attached hydrogens (tertiary/aromatic N) is 2. The van der Waals surface area contributed by atoms with E-state index in [1.807, 2.05) is 31.3 Å². The number of hydrogen-bond acceptors (Lipinski definition) is 6. The first-order valence-corrected chi connectivity index (χ1v) is 11.0. The molecule has 1 atom stereocenters. The summed E-state index contributed by atoms with van der Waals surface area (Å²) in [5, 5.41) is 3.93. The van der Waals surface area contributed by atoms with Gasteiger partial charge in [-0.3, -0.25) is 4.90 Å². The molecule has 2 heterocycles. The third-order valence-corrected chi connectivity index (χ3v) is 6.67. The van der Waals surface area contributed by atoms with Crippen molar-refractivity contribution in [1.82, 2.24) is 10.1 Å². The van der Waals surface area contributed by atoms with Gasteiger partial charge in [-0.2, -0.15) is 0 Å². The molecule has 5 nitrogen and oxygen atoms in total. The summed E-state index contributed by atoms with van der Waals surface area (Å²) in [6.45, 7) is 2.72. The SMILES string of the molecule is CC(c1ccc(S(C)(=O)=O)cc1)N(C)Cc1cnoc1-c1ccc(Cl)s1. The molecule has 0 spiro atoms. The summed E-state index contributed by atoms with van der Waals surface area (Å²) in [4.78, 5) is 3.42. The number of thiophene rings is 1. The summed E-state index contributed by atoms with van der Waals surface area (Å²) in [6.07, 6.45) is 2.93. The highest BCUT2D eigenvalue weighted by molar-refractivity contribution is 7.90. The van der Waals surface area contributed by atoms with Gasteiger partial charge in [0.05, 0.1) is 20.3 Å². The van der Waals surface area contributed by atoms with E-state index in [9.17, 15) is 8.42 Å². The Balaban J connectivity index is 1.76. The zero-order valence-corrected chi connectivity index (χ0v) is 17.0. The third kappa shape index (κ3) is 4.17. The molecule has 138 valence electrons. The molecule has 1 aromatic carbocycles. The maximum atomic E-state index is 11.6. The van der Waals surface area contributed by atoms with E-state index in [2.05, 4.69) is 17.0 Å². The Morgan fingerprint density at radius 3 is 2.50 bits per heavy atom. The van der Waals surface area contributed by atoms with Gasteiger partial charge in [-0.1, -0.05) is 28.9 Å². The predicted molar refractivity (Wildman–Crippen MR) is 104 cm³/mol. The van der Waals surface area contributed by atoms with Crippen LogP contribution in [0.5, 0.6) is 0 Å². The van der Waals surface area contributed by atoms with Crippen LogP contribution >= 0.6 is 22.9 Å². The molecule has 2 aromatic heterocycles. The van der Waals surface area contributed by atoms with Crippen molar-refractivity contribution in [2.75, 3.05) is 13.3 Å². The molecule has 0 aliphatic rings. The monoisotopic (exact) mass is 410 g/mol. The lowest BCUT2D eigenvalue weighted by Crippen LogP contribution is -2.22. The highest BCUT2D eigenvalue weighted by Gasteiger charge is 2.18. The van der Waals surface area contributed by atoms with Gasteiger partial charge in [0.25, 0.3) is 0 Å². The van der Waals surface area contributed by atoms with Crippen molar-refractivity contribution < 1.29 is 12.9 Å². The molecule has 26 heavy (non-hydrogen) atoms. The first-order valence-electron chi connectivity index (χ1n) is 7.95. The molecule has 3 rings (SSSR count). The van der Waals surface area contributed by atoms with E-state index in [1.54, 1.807) is 18.3 Å². The van der Waals surface area contributed by atoms with Gasteiger partial charge in [-0.25, -0.2) is 8.42 Å². The molecule has 0 saturated heterocycles. The molecule has 3 aromatic rings. The van der Waals surface area contributed by atoms with Crippen LogP contribution in [0.4, 0.5) is 0 Å². The lowest BCUT2D eigenvalue weighted by atomic mass is 10.1. The minimum atomic E-state index is -3.18. The summed E-state index contributed by atoms with van der Waals surface area (Å²) in [6, 6.07) is 10.9. The number of aromatic nitrogens is 1. The second-order valence-electron chi connectivity index (χ2n) is 6.22. The predicted octanol–water partition coefficient (Wildman–Crippen LogP) is 4.65. The van der Waals surface area contributed by atoms with Crippen molar-refractivity contribution in [2.24, 2.45) is 0 Å². The average molecular weight is 411 g/mol. The van der Waals surface area contributed by atoms with Crippen LogP contribution in [0.2, 0.25) is 4.34 Å². The molecule has 1 unspecified atom stereocenters. The van der Waals surface area contributed by atoms with Gasteiger partial charge in [0.1, 0.15) is 0 Å². The number of sulfone groups is 1. The Hall–Kier alpha value is -1.67. The van der Waals surface area contributed by atoms with Crippen LogP contribution in [-0.2, 0) is 16.4 Å². The van der Waals surface area contributed by atoms with Crippen LogP contribution in [-0.4, -0.2) is 31.8 Å². The van der Waals surface area contributed by atoms with Crippen LogP contribution in [0.15, 0.2) is 52.0 Å². The quantitative estimate of drug-likeness (QED) is 0.591. The second-order valence-corrected chi connectivity index (χ2v) is 9.95. The van der Waals surface area contributed by atoms with Gasteiger partial charge in [0.15, 0.2) is 15.6 Å². The van der Waals surface area contributed by atoms with E-state index >= 15 is 0 Å².